The number of benzene rings is 3. The molecule has 6 nitrogen and oxygen atoms in total. The molecule has 1 saturated heterocycles. The van der Waals surface area contributed by atoms with Gasteiger partial charge in [-0.05, 0) is 59.7 Å². The molecule has 6 heteroatoms. The summed E-state index contributed by atoms with van der Waals surface area (Å²) in [6, 6.07) is 21.6. The minimum Gasteiger partial charge on any atom is -0.507 e. The van der Waals surface area contributed by atoms with E-state index in [2.05, 4.69) is 20.8 Å². The molecule has 0 saturated carbocycles. The van der Waals surface area contributed by atoms with Crippen molar-refractivity contribution in [1.29, 1.82) is 0 Å². The Bertz CT molecular complexity index is 1370. The predicted molar refractivity (Wildman–Crippen MR) is 153 cm³/mol. The van der Waals surface area contributed by atoms with Crippen LogP contribution in [0.15, 0.2) is 78.4 Å². The van der Waals surface area contributed by atoms with Crippen molar-refractivity contribution in [3.05, 3.63) is 101 Å². The van der Waals surface area contributed by atoms with Gasteiger partial charge in [0.1, 0.15) is 17.3 Å². The number of aliphatic hydroxyl groups excluding tert-OH is 1. The van der Waals surface area contributed by atoms with Crippen molar-refractivity contribution in [2.24, 2.45) is 0 Å². The van der Waals surface area contributed by atoms with Gasteiger partial charge in [0, 0.05) is 12.1 Å². The van der Waals surface area contributed by atoms with Crippen LogP contribution in [0.4, 0.5) is 0 Å². The van der Waals surface area contributed by atoms with E-state index in [4.69, 9.17) is 9.47 Å². The lowest BCUT2D eigenvalue weighted by molar-refractivity contribution is -0.140. The van der Waals surface area contributed by atoms with Gasteiger partial charge in [-0.15, -0.1) is 0 Å². The summed E-state index contributed by atoms with van der Waals surface area (Å²) in [7, 11) is 0. The van der Waals surface area contributed by atoms with Crippen LogP contribution in [-0.2, 0) is 21.5 Å². The van der Waals surface area contributed by atoms with E-state index in [0.717, 1.165) is 23.1 Å². The highest BCUT2D eigenvalue weighted by molar-refractivity contribution is 6.46. The Morgan fingerprint density at radius 3 is 2.21 bits per heavy atom. The molecule has 1 atom stereocenters. The second kappa shape index (κ2) is 11.8. The summed E-state index contributed by atoms with van der Waals surface area (Å²) < 4.78 is 11.4. The lowest BCUT2D eigenvalue weighted by atomic mass is 9.85. The second-order valence-electron chi connectivity index (χ2n) is 10.8. The number of likely N-dealkylation sites (tertiary alicyclic amines) is 1. The Labute approximate surface area is 230 Å². The largest absolute Gasteiger partial charge is 0.507 e. The van der Waals surface area contributed by atoms with E-state index in [1.807, 2.05) is 62.4 Å². The van der Waals surface area contributed by atoms with E-state index in [1.165, 1.54) is 4.90 Å². The topological polar surface area (TPSA) is 76.1 Å². The minimum atomic E-state index is -0.755. The molecule has 1 amide bonds. The zero-order valence-corrected chi connectivity index (χ0v) is 23.4. The fraction of sp³-hybridized carbons (Fsp3) is 0.333. The number of ether oxygens (including phenoxy) is 2. The lowest BCUT2D eigenvalue weighted by Gasteiger charge is -2.27. The number of aliphatic hydroxyl groups is 1. The summed E-state index contributed by atoms with van der Waals surface area (Å²) in [5, 5.41) is 11.5. The van der Waals surface area contributed by atoms with Gasteiger partial charge >= 0.3 is 0 Å². The maximum Gasteiger partial charge on any atom is 0.295 e. The van der Waals surface area contributed by atoms with Gasteiger partial charge in [-0.1, -0.05) is 76.2 Å². The molecule has 3 aromatic carbocycles. The number of carbonyl (C=O) groups is 2. The highest BCUT2D eigenvalue weighted by Crippen LogP contribution is 2.41. The van der Waals surface area contributed by atoms with Crippen molar-refractivity contribution in [3.63, 3.8) is 0 Å². The van der Waals surface area contributed by atoms with Crippen molar-refractivity contribution in [3.8, 4) is 11.5 Å². The molecular weight excluding hydrogens is 490 g/mol. The number of carbonyl (C=O) groups excluding carboxylic acids is 2. The predicted octanol–water partition coefficient (Wildman–Crippen LogP) is 6.79. The van der Waals surface area contributed by atoms with Crippen LogP contribution in [0.5, 0.6) is 11.5 Å². The van der Waals surface area contributed by atoms with Crippen LogP contribution in [0, 0.1) is 0 Å². The molecule has 39 heavy (non-hydrogen) atoms. The fourth-order valence-corrected chi connectivity index (χ4v) is 4.76. The van der Waals surface area contributed by atoms with Crippen LogP contribution >= 0.6 is 0 Å². The molecule has 0 spiro atoms. The van der Waals surface area contributed by atoms with Crippen LogP contribution in [-0.4, -0.2) is 34.9 Å². The summed E-state index contributed by atoms with van der Waals surface area (Å²) in [6.45, 7) is 11.6. The highest BCUT2D eigenvalue weighted by Gasteiger charge is 2.46. The van der Waals surface area contributed by atoms with Crippen molar-refractivity contribution >= 4 is 17.4 Å². The summed E-state index contributed by atoms with van der Waals surface area (Å²) >= 11 is 0. The number of hydrogen-bond acceptors (Lipinski definition) is 5. The monoisotopic (exact) mass is 527 g/mol. The van der Waals surface area contributed by atoms with Crippen LogP contribution in [0.25, 0.3) is 5.76 Å². The number of ketones is 1. The van der Waals surface area contributed by atoms with Crippen molar-refractivity contribution in [2.75, 3.05) is 13.2 Å². The number of Topliss-reactive ketones (excluding diaryl/α,β-unsaturated/α-hetero) is 1. The number of nitrogens with zero attached hydrogens (tertiary/aromatic N) is 1. The van der Waals surface area contributed by atoms with E-state index in [0.29, 0.717) is 30.3 Å². The Balaban J connectivity index is 1.82. The smallest absolute Gasteiger partial charge is 0.295 e. The molecule has 1 aliphatic heterocycles. The van der Waals surface area contributed by atoms with Crippen LogP contribution < -0.4 is 9.47 Å². The fourth-order valence-electron chi connectivity index (χ4n) is 4.76. The molecule has 0 radical (unpaired) electrons. The third-order valence-corrected chi connectivity index (χ3v) is 6.78. The van der Waals surface area contributed by atoms with E-state index in [1.54, 1.807) is 24.3 Å². The molecule has 4 rings (SSSR count). The normalized spacial score (nSPS) is 16.9. The van der Waals surface area contributed by atoms with Gasteiger partial charge in [0.15, 0.2) is 0 Å². The maximum absolute atomic E-state index is 13.5. The number of rotatable bonds is 9. The van der Waals surface area contributed by atoms with Crippen molar-refractivity contribution in [1.82, 2.24) is 4.90 Å². The van der Waals surface area contributed by atoms with E-state index in [9.17, 15) is 14.7 Å². The molecule has 0 aromatic heterocycles. The molecule has 1 fully saturated rings. The summed E-state index contributed by atoms with van der Waals surface area (Å²) in [6.07, 6.45) is 0.844. The zero-order valence-electron chi connectivity index (χ0n) is 23.4. The first-order valence-corrected chi connectivity index (χ1v) is 13.5. The highest BCUT2D eigenvalue weighted by atomic mass is 16.5. The molecule has 3 aromatic rings. The third kappa shape index (κ3) is 6.17. The Morgan fingerprint density at radius 2 is 1.56 bits per heavy atom. The second-order valence-corrected chi connectivity index (χ2v) is 10.8. The van der Waals surface area contributed by atoms with E-state index >= 15 is 0 Å². The quantitative estimate of drug-likeness (QED) is 0.188. The van der Waals surface area contributed by atoms with Gasteiger partial charge < -0.3 is 19.5 Å². The lowest BCUT2D eigenvalue weighted by Crippen LogP contribution is -2.29. The minimum absolute atomic E-state index is 0.0566. The molecule has 204 valence electrons. The van der Waals surface area contributed by atoms with Crippen LogP contribution in [0.3, 0.4) is 0 Å². The summed E-state index contributed by atoms with van der Waals surface area (Å²) in [5.74, 6) is -0.291. The molecule has 0 aliphatic carbocycles. The van der Waals surface area contributed by atoms with Gasteiger partial charge in [-0.2, -0.15) is 0 Å². The Hall–Kier alpha value is -4.06. The first-order chi connectivity index (χ1) is 18.6. The molecule has 1 heterocycles. The van der Waals surface area contributed by atoms with Crippen molar-refractivity contribution < 1.29 is 24.2 Å². The third-order valence-electron chi connectivity index (χ3n) is 6.78. The molecule has 0 bridgehead atoms. The van der Waals surface area contributed by atoms with Gasteiger partial charge in [0.25, 0.3) is 11.7 Å². The number of hydrogen-bond donors (Lipinski definition) is 1. The number of amides is 1. The average molecular weight is 528 g/mol. The molecular formula is C33H37NO5. The van der Waals surface area contributed by atoms with Crippen molar-refractivity contribution in [2.45, 2.75) is 59.0 Å². The van der Waals surface area contributed by atoms with Gasteiger partial charge in [0.2, 0.25) is 0 Å². The summed E-state index contributed by atoms with van der Waals surface area (Å²) in [5.41, 5.74) is 3.15. The first kappa shape index (κ1) is 28.0. The van der Waals surface area contributed by atoms with Gasteiger partial charge in [0.05, 0.1) is 24.8 Å². The average Bonchev–Trinajstić information content (AvgIpc) is 3.16. The van der Waals surface area contributed by atoms with Gasteiger partial charge in [-0.3, -0.25) is 9.59 Å². The van der Waals surface area contributed by atoms with Crippen LogP contribution in [0.2, 0.25) is 0 Å². The van der Waals surface area contributed by atoms with E-state index < -0.39 is 17.7 Å². The zero-order chi connectivity index (χ0) is 28.2. The molecule has 1 aliphatic rings. The SMILES string of the molecule is CCCOc1cccc(/C(O)=C2/C(=O)C(=O)N(Cc3cccc(OCC)c3)C2c2ccc(C(C)(C)C)cc2)c1. The Morgan fingerprint density at radius 1 is 0.897 bits per heavy atom. The standard InChI is InChI=1S/C33H37NO5/c1-6-18-39-27-13-9-11-24(20-27)30(35)28-29(23-14-16-25(17-15-23)33(3,4)5)34(32(37)31(28)36)21-22-10-8-12-26(19-22)38-7-2/h8-17,19-20,29,35H,6-7,18,21H2,1-5H3/b30-28-. The van der Waals surface area contributed by atoms with Gasteiger partial charge in [-0.25, -0.2) is 0 Å². The summed E-state index contributed by atoms with van der Waals surface area (Å²) in [4.78, 5) is 28.5. The molecule has 1 N–H and O–H groups in total. The molecule has 1 unspecified atom stereocenters. The Kier molecular flexibility index (Phi) is 8.44. The van der Waals surface area contributed by atoms with Crippen LogP contribution in [0.1, 0.15) is 69.3 Å². The van der Waals surface area contributed by atoms with E-state index in [-0.39, 0.29) is 23.3 Å². The maximum atomic E-state index is 13.5. The first-order valence-electron chi connectivity index (χ1n) is 13.5.